The van der Waals surface area contributed by atoms with Gasteiger partial charge in [-0.3, -0.25) is 0 Å². The van der Waals surface area contributed by atoms with Gasteiger partial charge in [-0.1, -0.05) is 243 Å². The molecule has 32 nitrogen and oxygen atoms in total. The molecule has 132 heavy (non-hydrogen) atoms. The SMILES string of the molecule is Cn1c(C[C@H]([O-])c2nc3ccccc3[nH]2)nc2ccccc21.Cn1c(C[C@H]([O-])c2nc3ccccc3[nH]2)nc2ccccc21.Cn1c(C[C@H]([O-])c2nc3ccccc3[nH]2)nc2ccccc21.Cn1c(C[C@H]([O-])c2nc3ccccc3[nH]2)nc2ccccc21.O=P([O-])(c1ccccc1)c1ccccc1.O=P([O-])(c1ccccc1)c1ccccc1.[Mn+2].[Mn+2].[Mn+2].[Mn+2].[O-][Cl+3]([O-])([O-])[O-].[O-][Cl+3]([O-])([O-])[O-]. The zero-order chi connectivity index (χ0) is 90.9. The van der Waals surface area contributed by atoms with Gasteiger partial charge in [-0.25, -0.2) is 77.1 Å². The van der Waals surface area contributed by atoms with E-state index in [1.54, 1.807) is 121 Å². The van der Waals surface area contributed by atoms with Crippen LogP contribution in [0.25, 0.3) is 88.3 Å². The fraction of sp³-hybridized carbons (Fsp3) is 0.130. The van der Waals surface area contributed by atoms with Crippen molar-refractivity contribution < 1.29 is 165 Å². The zero-order valence-corrected chi connectivity index (χ0v) is 78.2. The maximum absolute atomic E-state index is 12.5. The van der Waals surface area contributed by atoms with E-state index in [9.17, 15) is 39.3 Å². The first kappa shape index (κ1) is 105. The molecule has 40 heteroatoms. The number of rotatable bonds is 16. The Kier molecular flexibility index (Phi) is 37.7. The van der Waals surface area contributed by atoms with Gasteiger partial charge in [-0.15, -0.1) is 20.5 Å². The van der Waals surface area contributed by atoms with Crippen molar-refractivity contribution in [2.24, 2.45) is 28.2 Å². The molecule has 0 saturated heterocycles. The maximum atomic E-state index is 12.5. The predicted octanol–water partition coefficient (Wildman–Crippen LogP) is 1.40. The van der Waals surface area contributed by atoms with Crippen molar-refractivity contribution in [3.05, 3.63) is 362 Å². The second kappa shape index (κ2) is 47.5. The molecule has 0 spiro atoms. The van der Waals surface area contributed by atoms with Crippen LogP contribution in [0, 0.1) is 20.5 Å². The van der Waals surface area contributed by atoms with Gasteiger partial charge in [-0.05, 0) is 97.1 Å². The second-order valence-electron chi connectivity index (χ2n) is 28.8. The maximum Gasteiger partial charge on any atom is 2.00 e. The molecule has 4 atom stereocenters. The van der Waals surface area contributed by atoms with Crippen LogP contribution >= 0.6 is 14.7 Å². The van der Waals surface area contributed by atoms with Crippen LogP contribution in [0.4, 0.5) is 0 Å². The molecular weight excluding hydrogens is 1940 g/mol. The number of H-pyrrole nitrogens is 4. The van der Waals surface area contributed by atoms with Gasteiger partial charge in [0.1, 0.15) is 23.3 Å². The smallest absolute Gasteiger partial charge is 0.846 e. The first-order chi connectivity index (χ1) is 61.3. The second-order valence-corrected chi connectivity index (χ2v) is 34.6. The molecule has 0 aliphatic rings. The summed E-state index contributed by atoms with van der Waals surface area (Å²) in [4.78, 5) is 72.3. The number of nitrogens with one attached hydrogen (secondary N) is 4. The van der Waals surface area contributed by atoms with Crippen LogP contribution in [0.2, 0.25) is 0 Å². The molecule has 20 aromatic rings. The Bertz CT molecular complexity index is 6200. The van der Waals surface area contributed by atoms with Gasteiger partial charge in [0, 0.05) is 75.1 Å². The summed E-state index contributed by atoms with van der Waals surface area (Å²) in [6.07, 6.45) is -2.58. The summed E-state index contributed by atoms with van der Waals surface area (Å²) < 4.78 is 100.0. The van der Waals surface area contributed by atoms with E-state index in [-0.39, 0.29) is 68.3 Å². The molecule has 20 rings (SSSR count). The molecule has 0 bridgehead atoms. The van der Waals surface area contributed by atoms with Gasteiger partial charge in [-0.2, -0.15) is 0 Å². The number of halogens is 2. The van der Waals surface area contributed by atoms with E-state index in [1.807, 2.05) is 241 Å². The largest absolute Gasteiger partial charge is 2.00 e. The third-order valence-corrected chi connectivity index (χ3v) is 24.1. The third kappa shape index (κ3) is 27.6. The van der Waals surface area contributed by atoms with E-state index in [1.165, 1.54) is 0 Å². The van der Waals surface area contributed by atoms with Crippen LogP contribution in [0.1, 0.15) is 71.0 Å². The van der Waals surface area contributed by atoms with Crippen molar-refractivity contribution in [3.8, 4) is 0 Å². The number of benzene rings is 12. The van der Waals surface area contributed by atoms with Crippen LogP contribution in [0.5, 0.6) is 0 Å². The molecule has 0 aliphatic carbocycles. The number of hydrogen-bond acceptors (Lipinski definition) is 24. The Morgan fingerprint density at radius 1 is 0.250 bits per heavy atom. The Hall–Kier alpha value is -11.0. The fourth-order valence-corrected chi connectivity index (χ4v) is 16.7. The van der Waals surface area contributed by atoms with Crippen LogP contribution in [-0.4, -0.2) is 78.1 Å². The van der Waals surface area contributed by atoms with Gasteiger partial charge >= 0.3 is 68.3 Å². The van der Waals surface area contributed by atoms with Crippen molar-refractivity contribution in [3.63, 3.8) is 0 Å². The number of nitrogens with zero attached hydrogens (tertiary/aromatic N) is 12. The number of para-hydroxylation sites is 16. The van der Waals surface area contributed by atoms with Crippen molar-refractivity contribution in [1.29, 1.82) is 0 Å². The average Bonchev–Trinajstić information content (AvgIpc) is 1.62. The van der Waals surface area contributed by atoms with Crippen LogP contribution < -0.4 is 88.7 Å². The van der Waals surface area contributed by atoms with Crippen molar-refractivity contribution in [2.75, 3.05) is 0 Å². The van der Waals surface area contributed by atoms with Crippen molar-refractivity contribution >= 4 is 124 Å². The summed E-state index contributed by atoms with van der Waals surface area (Å²) in [6.45, 7) is 0. The number of fused-ring (bicyclic) bond motifs is 8. The Labute approximate surface area is 801 Å². The van der Waals surface area contributed by atoms with Crippen LogP contribution in [-0.2, 0) is 131 Å². The molecule has 4 N–H and O–H groups in total. The quantitative estimate of drug-likeness (QED) is 0.0784. The number of aromatic amines is 4. The van der Waals surface area contributed by atoms with Gasteiger partial charge in [0.25, 0.3) is 0 Å². The summed E-state index contributed by atoms with van der Waals surface area (Å²) in [5.74, 6) is 4.98. The summed E-state index contributed by atoms with van der Waals surface area (Å²) in [6, 6.07) is 96.1. The molecule has 0 unspecified atom stereocenters. The van der Waals surface area contributed by atoms with E-state index in [2.05, 4.69) is 59.8 Å². The first-order valence-corrected chi connectivity index (χ1v) is 45.1. The molecule has 8 aromatic heterocycles. The van der Waals surface area contributed by atoms with E-state index >= 15 is 0 Å². The van der Waals surface area contributed by atoms with Gasteiger partial charge in [0.15, 0.2) is 0 Å². The first-order valence-electron chi connectivity index (χ1n) is 39.4. The van der Waals surface area contributed by atoms with E-state index < -0.39 is 59.6 Å². The predicted molar refractivity (Wildman–Crippen MR) is 453 cm³/mol. The average molecular weight is 2020 g/mol. The number of hydrogen-bond donors (Lipinski definition) is 4. The van der Waals surface area contributed by atoms with Crippen molar-refractivity contribution in [2.45, 2.75) is 50.1 Å². The topological polar surface area (TPSA) is 543 Å². The summed E-state index contributed by atoms with van der Waals surface area (Å²) >= 11 is 0. The fourth-order valence-electron chi connectivity index (χ4n) is 13.9. The number of imidazole rings is 8. The molecule has 0 aliphatic heterocycles. The standard InChI is InChI=1S/4C17H15N4O.2C12H11O2P.2ClHO4.4Mn/c4*1-21-14-9-5-4-8-13(14)18-16(21)10-15(22)17-19-11-6-2-3-7-12(11)20-17;2*13-15(14,11-7-3-1-4-8-11)12-9-5-2-6-10-12;2*2-1(3,4)5;;;;/h4*2-9,15H,10H2,1H3,(H,19,20);2*1-10H,(H,13,14);2*(H,2,3,4,5);;;;/q4*-1;;;;;4*+2/p-4/t4*15-;;;;;;;;/m0000......../s1. The molecule has 0 saturated carbocycles. The molecule has 8 heterocycles. The van der Waals surface area contributed by atoms with Crippen LogP contribution in [0.15, 0.2) is 315 Å². The summed E-state index contributed by atoms with van der Waals surface area (Å²) in [7, 11) is -9.42. The summed E-state index contributed by atoms with van der Waals surface area (Å²) in [5.41, 5.74) is 14.7. The van der Waals surface area contributed by atoms with E-state index in [0.717, 1.165) is 112 Å². The minimum absolute atomic E-state index is 0. The zero-order valence-electron chi connectivity index (χ0n) is 70.2. The Morgan fingerprint density at radius 3 is 0.568 bits per heavy atom. The van der Waals surface area contributed by atoms with Gasteiger partial charge in [0.05, 0.1) is 126 Å². The molecule has 0 amide bonds. The molecular formula is C92H80Cl2Mn4N16O16P2. The monoisotopic (exact) mass is 2020 g/mol. The Balaban J connectivity index is 0.000000174. The minimum atomic E-state index is -4.94. The number of aromatic nitrogens is 16. The molecule has 0 fully saturated rings. The molecule has 4 radical (unpaired) electrons. The summed E-state index contributed by atoms with van der Waals surface area (Å²) in [5, 5.41) is 51.6. The number of aryl methyl sites for hydroxylation is 4. The van der Waals surface area contributed by atoms with Crippen LogP contribution in [0.3, 0.4) is 0 Å². The van der Waals surface area contributed by atoms with E-state index in [4.69, 9.17) is 37.3 Å². The van der Waals surface area contributed by atoms with Crippen molar-refractivity contribution in [1.82, 2.24) is 78.1 Å². The minimum Gasteiger partial charge on any atom is -0.846 e. The molecule has 676 valence electrons. The van der Waals surface area contributed by atoms with Gasteiger partial charge < -0.3 is 77.5 Å². The van der Waals surface area contributed by atoms with E-state index in [0.29, 0.717) is 70.2 Å². The third-order valence-electron chi connectivity index (χ3n) is 20.2. The Morgan fingerprint density at radius 2 is 0.402 bits per heavy atom. The van der Waals surface area contributed by atoms with Gasteiger partial charge in [0.2, 0.25) is 0 Å². The normalized spacial score (nSPS) is 12.1. The molecule has 12 aromatic carbocycles.